The van der Waals surface area contributed by atoms with E-state index in [2.05, 4.69) is 5.32 Å². The van der Waals surface area contributed by atoms with Crippen LogP contribution in [0.15, 0.2) is 64.4 Å². The lowest BCUT2D eigenvalue weighted by Gasteiger charge is -2.10. The van der Waals surface area contributed by atoms with Gasteiger partial charge in [-0.25, -0.2) is 0 Å². The van der Waals surface area contributed by atoms with Crippen LogP contribution in [0.4, 0.5) is 11.4 Å². The van der Waals surface area contributed by atoms with E-state index in [0.29, 0.717) is 22.1 Å². The summed E-state index contributed by atoms with van der Waals surface area (Å²) >= 11 is 0. The van der Waals surface area contributed by atoms with E-state index in [-0.39, 0.29) is 10.6 Å². The van der Waals surface area contributed by atoms with Gasteiger partial charge in [-0.15, -0.1) is 0 Å². The second-order valence-electron chi connectivity index (χ2n) is 5.48. The van der Waals surface area contributed by atoms with E-state index in [1.54, 1.807) is 18.2 Å². The minimum atomic E-state index is -4.44. The molecule has 4 N–H and O–H groups in total. The minimum Gasteiger partial charge on any atom is -0.507 e. The van der Waals surface area contributed by atoms with Gasteiger partial charge >= 0.3 is 0 Å². The van der Waals surface area contributed by atoms with E-state index in [0.717, 1.165) is 6.07 Å². The summed E-state index contributed by atoms with van der Waals surface area (Å²) < 4.78 is 62.5. The zero-order chi connectivity index (χ0) is 19.1. The van der Waals surface area contributed by atoms with E-state index >= 15 is 0 Å². The molecule has 3 rings (SSSR count). The van der Waals surface area contributed by atoms with Gasteiger partial charge in [0.05, 0.1) is 9.79 Å². The van der Waals surface area contributed by atoms with Crippen molar-refractivity contribution in [2.24, 2.45) is 0 Å². The van der Waals surface area contributed by atoms with Gasteiger partial charge in [0.15, 0.2) is 0 Å². The molecular weight excluding hydrogens is 382 g/mol. The summed E-state index contributed by atoms with van der Waals surface area (Å²) in [7, 11) is -8.71. The Balaban J connectivity index is 1.96. The standard InChI is InChI=1S/C16H13NO7S2/c18-16-9-14(26(22,23)24)7-10-1-2-12(8-15(10)16)17-11-3-5-13(6-4-11)25(19,20)21/h1-9,17-18H,(H,19,20,21)(H,22,23,24). The highest BCUT2D eigenvalue weighted by Gasteiger charge is 2.14. The molecule has 3 aromatic rings. The topological polar surface area (TPSA) is 141 Å². The molecule has 0 spiro atoms. The van der Waals surface area contributed by atoms with Crippen LogP contribution in [0.3, 0.4) is 0 Å². The van der Waals surface area contributed by atoms with Crippen molar-refractivity contribution in [3.05, 3.63) is 54.6 Å². The summed E-state index contributed by atoms with van der Waals surface area (Å²) in [5, 5.41) is 13.8. The smallest absolute Gasteiger partial charge is 0.294 e. The molecular formula is C16H13NO7S2. The summed E-state index contributed by atoms with van der Waals surface area (Å²) in [6, 6.07) is 12.3. The number of benzene rings is 3. The number of phenolic OH excluding ortho intramolecular Hbond substituents is 1. The average Bonchev–Trinajstić information content (AvgIpc) is 2.54. The van der Waals surface area contributed by atoms with Crippen LogP contribution >= 0.6 is 0 Å². The molecule has 0 fully saturated rings. The lowest BCUT2D eigenvalue weighted by molar-refractivity contribution is 0.471. The summed E-state index contributed by atoms with van der Waals surface area (Å²) in [6.07, 6.45) is 0. The van der Waals surface area contributed by atoms with Crippen molar-refractivity contribution < 1.29 is 31.0 Å². The van der Waals surface area contributed by atoms with Crippen molar-refractivity contribution in [3.8, 4) is 5.75 Å². The van der Waals surface area contributed by atoms with Gasteiger partial charge in [0, 0.05) is 22.8 Å². The van der Waals surface area contributed by atoms with Crippen LogP contribution in [0.2, 0.25) is 0 Å². The largest absolute Gasteiger partial charge is 0.507 e. The fraction of sp³-hybridized carbons (Fsp3) is 0. The maximum Gasteiger partial charge on any atom is 0.294 e. The first-order chi connectivity index (χ1) is 12.0. The SMILES string of the molecule is O=S(=O)(O)c1ccc(Nc2ccc3cc(S(=O)(=O)O)cc(O)c3c2)cc1. The van der Waals surface area contributed by atoms with Gasteiger partial charge in [-0.1, -0.05) is 6.07 Å². The summed E-state index contributed by atoms with van der Waals surface area (Å²) in [5.41, 5.74) is 1.08. The zero-order valence-electron chi connectivity index (χ0n) is 13.0. The molecule has 0 saturated heterocycles. The number of aromatic hydroxyl groups is 1. The third-order valence-corrected chi connectivity index (χ3v) is 5.34. The van der Waals surface area contributed by atoms with Crippen LogP contribution < -0.4 is 5.32 Å². The molecule has 0 aliphatic heterocycles. The lowest BCUT2D eigenvalue weighted by Crippen LogP contribution is -1.98. The van der Waals surface area contributed by atoms with Crippen molar-refractivity contribution in [2.75, 3.05) is 5.32 Å². The first-order valence-corrected chi connectivity index (χ1v) is 10.0. The molecule has 0 unspecified atom stereocenters. The van der Waals surface area contributed by atoms with Gasteiger partial charge in [0.1, 0.15) is 5.75 Å². The van der Waals surface area contributed by atoms with Gasteiger partial charge in [0.25, 0.3) is 20.2 Å². The lowest BCUT2D eigenvalue weighted by atomic mass is 10.1. The molecule has 0 amide bonds. The molecule has 0 aromatic heterocycles. The zero-order valence-corrected chi connectivity index (χ0v) is 14.6. The molecule has 0 atom stereocenters. The van der Waals surface area contributed by atoms with Crippen molar-refractivity contribution in [3.63, 3.8) is 0 Å². The number of nitrogens with one attached hydrogen (secondary N) is 1. The van der Waals surface area contributed by atoms with Crippen molar-refractivity contribution >= 4 is 42.4 Å². The Labute approximate surface area is 149 Å². The highest BCUT2D eigenvalue weighted by molar-refractivity contribution is 7.86. The normalized spacial score (nSPS) is 12.2. The van der Waals surface area contributed by atoms with Gasteiger partial charge in [-0.3, -0.25) is 9.11 Å². The van der Waals surface area contributed by atoms with Gasteiger partial charge < -0.3 is 10.4 Å². The Morgan fingerprint density at radius 2 is 1.27 bits per heavy atom. The fourth-order valence-corrected chi connectivity index (χ4v) is 3.43. The predicted octanol–water partition coefficient (Wildman–Crippen LogP) is 2.78. The van der Waals surface area contributed by atoms with Crippen LogP contribution in [0.25, 0.3) is 10.8 Å². The van der Waals surface area contributed by atoms with Crippen LogP contribution in [-0.4, -0.2) is 31.0 Å². The molecule has 10 heteroatoms. The molecule has 0 saturated carbocycles. The second kappa shape index (κ2) is 6.25. The molecule has 0 heterocycles. The number of anilines is 2. The number of phenols is 1. The Morgan fingerprint density at radius 1 is 0.692 bits per heavy atom. The molecule has 0 bridgehead atoms. The fourth-order valence-electron chi connectivity index (χ4n) is 2.41. The summed E-state index contributed by atoms with van der Waals surface area (Å²) in [4.78, 5) is -0.652. The molecule has 0 aliphatic carbocycles. The monoisotopic (exact) mass is 395 g/mol. The predicted molar refractivity (Wildman–Crippen MR) is 95.0 cm³/mol. The summed E-state index contributed by atoms with van der Waals surface area (Å²) in [6.45, 7) is 0. The van der Waals surface area contributed by atoms with Crippen molar-refractivity contribution in [1.82, 2.24) is 0 Å². The van der Waals surface area contributed by atoms with E-state index in [1.165, 1.54) is 30.3 Å². The van der Waals surface area contributed by atoms with E-state index < -0.39 is 25.1 Å². The Hall–Kier alpha value is -2.66. The molecule has 136 valence electrons. The number of hydrogen-bond acceptors (Lipinski definition) is 6. The van der Waals surface area contributed by atoms with Crippen LogP contribution in [0, 0.1) is 0 Å². The van der Waals surface area contributed by atoms with Crippen molar-refractivity contribution in [1.29, 1.82) is 0 Å². The van der Waals surface area contributed by atoms with Crippen molar-refractivity contribution in [2.45, 2.75) is 9.79 Å². The summed E-state index contributed by atoms with van der Waals surface area (Å²) in [5.74, 6) is -0.319. The first kappa shape index (κ1) is 18.1. The van der Waals surface area contributed by atoms with Gasteiger partial charge in [0.2, 0.25) is 0 Å². The molecule has 3 aromatic carbocycles. The maximum absolute atomic E-state index is 11.2. The first-order valence-electron chi connectivity index (χ1n) is 7.13. The van der Waals surface area contributed by atoms with Gasteiger partial charge in [-0.05, 0) is 47.9 Å². The third kappa shape index (κ3) is 3.78. The Morgan fingerprint density at radius 3 is 1.85 bits per heavy atom. The van der Waals surface area contributed by atoms with Crippen LogP contribution in [0.5, 0.6) is 5.75 Å². The number of rotatable bonds is 4. The van der Waals surface area contributed by atoms with E-state index in [9.17, 15) is 21.9 Å². The minimum absolute atomic E-state index is 0.239. The number of fused-ring (bicyclic) bond motifs is 1. The molecule has 8 nitrogen and oxygen atoms in total. The third-order valence-electron chi connectivity index (χ3n) is 3.64. The quantitative estimate of drug-likeness (QED) is 0.494. The molecule has 26 heavy (non-hydrogen) atoms. The molecule has 0 aliphatic rings. The Bertz CT molecular complexity index is 1200. The maximum atomic E-state index is 11.2. The van der Waals surface area contributed by atoms with E-state index in [1.807, 2.05) is 0 Å². The highest BCUT2D eigenvalue weighted by atomic mass is 32.2. The van der Waals surface area contributed by atoms with Crippen LogP contribution in [0.1, 0.15) is 0 Å². The van der Waals surface area contributed by atoms with E-state index in [4.69, 9.17) is 9.11 Å². The molecule has 0 radical (unpaired) electrons. The van der Waals surface area contributed by atoms with Gasteiger partial charge in [-0.2, -0.15) is 16.8 Å². The Kier molecular flexibility index (Phi) is 4.36. The average molecular weight is 395 g/mol. The van der Waals surface area contributed by atoms with Crippen LogP contribution in [-0.2, 0) is 20.2 Å². The second-order valence-corrected chi connectivity index (χ2v) is 8.32. The number of hydrogen-bond donors (Lipinski definition) is 4. The highest BCUT2D eigenvalue weighted by Crippen LogP contribution is 2.31.